The lowest BCUT2D eigenvalue weighted by Crippen LogP contribution is -2.41. The zero-order chi connectivity index (χ0) is 16.6. The lowest BCUT2D eigenvalue weighted by atomic mass is 9.98. The minimum atomic E-state index is -0.203. The van der Waals surface area contributed by atoms with Crippen molar-refractivity contribution in [3.05, 3.63) is 33.4 Å². The normalized spacial score (nSPS) is 18.6. The Kier molecular flexibility index (Phi) is 4.21. The van der Waals surface area contributed by atoms with Gasteiger partial charge in [-0.15, -0.1) is 0 Å². The standard InChI is InChI=1S/C16H22N4O3/c1-10-13(11(2)20-14(17-10)7-15(22)18-20)6-16(23)19-5-3-4-12(8-19)9-21/h7,12,21H,3-6,8-9H2,1-2H3,(H,18,22). The minimum absolute atomic E-state index is 0.0463. The SMILES string of the molecule is Cc1nc2cc(=O)[nH]n2c(C)c1CC(=O)N1CCCC(CO)C1. The molecule has 0 aromatic carbocycles. The lowest BCUT2D eigenvalue weighted by molar-refractivity contribution is -0.132. The molecule has 1 saturated heterocycles. The third kappa shape index (κ3) is 3.01. The average Bonchev–Trinajstić information content (AvgIpc) is 2.91. The van der Waals surface area contributed by atoms with Crippen LogP contribution >= 0.6 is 0 Å². The highest BCUT2D eigenvalue weighted by Gasteiger charge is 2.24. The summed E-state index contributed by atoms with van der Waals surface area (Å²) in [5.41, 5.74) is 2.81. The Hall–Kier alpha value is -2.15. The molecule has 0 aliphatic carbocycles. The summed E-state index contributed by atoms with van der Waals surface area (Å²) in [6, 6.07) is 1.45. The van der Waals surface area contributed by atoms with Crippen molar-refractivity contribution in [2.45, 2.75) is 33.1 Å². The van der Waals surface area contributed by atoms with Crippen LogP contribution in [0.2, 0.25) is 0 Å². The number of nitrogens with zero attached hydrogens (tertiary/aromatic N) is 3. The first-order chi connectivity index (χ1) is 11.0. The van der Waals surface area contributed by atoms with Gasteiger partial charge in [0.05, 0.1) is 6.42 Å². The van der Waals surface area contributed by atoms with E-state index in [4.69, 9.17) is 0 Å². The molecule has 1 aliphatic heterocycles. The van der Waals surface area contributed by atoms with E-state index in [0.717, 1.165) is 36.3 Å². The molecule has 7 nitrogen and oxygen atoms in total. The van der Waals surface area contributed by atoms with Crippen LogP contribution in [0.3, 0.4) is 0 Å². The molecule has 124 valence electrons. The lowest BCUT2D eigenvalue weighted by Gasteiger charge is -2.32. The maximum Gasteiger partial charge on any atom is 0.266 e. The second kappa shape index (κ2) is 6.16. The van der Waals surface area contributed by atoms with E-state index in [2.05, 4.69) is 10.1 Å². The van der Waals surface area contributed by atoms with Gasteiger partial charge in [0.1, 0.15) is 0 Å². The number of aliphatic hydroxyl groups excluding tert-OH is 1. The van der Waals surface area contributed by atoms with E-state index >= 15 is 0 Å². The topological polar surface area (TPSA) is 90.7 Å². The summed E-state index contributed by atoms with van der Waals surface area (Å²) in [5.74, 6) is 0.223. The molecule has 1 amide bonds. The molecule has 0 spiro atoms. The molecule has 3 rings (SSSR count). The highest BCUT2D eigenvalue weighted by Crippen LogP contribution is 2.19. The number of aromatic nitrogens is 3. The number of H-pyrrole nitrogens is 1. The molecule has 2 aromatic rings. The van der Waals surface area contributed by atoms with Crippen LogP contribution in [0.25, 0.3) is 5.65 Å². The number of hydrogen-bond donors (Lipinski definition) is 2. The van der Waals surface area contributed by atoms with E-state index < -0.39 is 0 Å². The molecule has 2 aromatic heterocycles. The summed E-state index contributed by atoms with van der Waals surface area (Å²) in [6.07, 6.45) is 2.16. The number of fused-ring (bicyclic) bond motifs is 1. The van der Waals surface area contributed by atoms with Crippen LogP contribution in [0.15, 0.2) is 10.9 Å². The highest BCUT2D eigenvalue weighted by atomic mass is 16.3. The minimum Gasteiger partial charge on any atom is -0.396 e. The van der Waals surface area contributed by atoms with Crippen molar-refractivity contribution in [1.29, 1.82) is 0 Å². The number of aromatic amines is 1. The zero-order valence-electron chi connectivity index (χ0n) is 13.5. The number of nitrogens with one attached hydrogen (secondary N) is 1. The summed E-state index contributed by atoms with van der Waals surface area (Å²) in [5, 5.41) is 12.0. The van der Waals surface area contributed by atoms with Crippen molar-refractivity contribution >= 4 is 11.6 Å². The number of piperidine rings is 1. The van der Waals surface area contributed by atoms with E-state index in [-0.39, 0.29) is 30.4 Å². The van der Waals surface area contributed by atoms with Gasteiger partial charge in [-0.2, -0.15) is 0 Å². The van der Waals surface area contributed by atoms with Crippen LogP contribution < -0.4 is 5.56 Å². The first-order valence-corrected chi connectivity index (χ1v) is 7.96. The van der Waals surface area contributed by atoms with Crippen LogP contribution in [0.4, 0.5) is 0 Å². The number of aryl methyl sites for hydroxylation is 2. The Morgan fingerprint density at radius 1 is 1.48 bits per heavy atom. The molecule has 0 saturated carbocycles. The molecule has 7 heteroatoms. The van der Waals surface area contributed by atoms with Gasteiger partial charge in [0.2, 0.25) is 5.91 Å². The third-order valence-electron chi connectivity index (χ3n) is 4.66. The number of amides is 1. The second-order valence-electron chi connectivity index (χ2n) is 6.28. The van der Waals surface area contributed by atoms with Crippen LogP contribution in [0.1, 0.15) is 29.8 Å². The third-order valence-corrected chi connectivity index (χ3v) is 4.66. The first kappa shape index (κ1) is 15.7. The zero-order valence-corrected chi connectivity index (χ0v) is 13.5. The van der Waals surface area contributed by atoms with Gasteiger partial charge in [0.25, 0.3) is 5.56 Å². The van der Waals surface area contributed by atoms with Crippen LogP contribution in [0, 0.1) is 19.8 Å². The molecule has 1 atom stereocenters. The second-order valence-corrected chi connectivity index (χ2v) is 6.28. The summed E-state index contributed by atoms with van der Waals surface area (Å²) >= 11 is 0. The number of aliphatic hydroxyl groups is 1. The van der Waals surface area contributed by atoms with Gasteiger partial charge in [-0.1, -0.05) is 0 Å². The van der Waals surface area contributed by atoms with E-state index in [1.54, 1.807) is 4.52 Å². The van der Waals surface area contributed by atoms with Crippen LogP contribution in [0.5, 0.6) is 0 Å². The highest BCUT2D eigenvalue weighted by molar-refractivity contribution is 5.79. The Balaban J connectivity index is 1.86. The quantitative estimate of drug-likeness (QED) is 0.858. The summed E-state index contributed by atoms with van der Waals surface area (Å²) < 4.78 is 1.63. The van der Waals surface area contributed by atoms with Gasteiger partial charge in [-0.25, -0.2) is 9.50 Å². The van der Waals surface area contributed by atoms with Gasteiger partial charge < -0.3 is 10.0 Å². The molecular formula is C16H22N4O3. The summed E-state index contributed by atoms with van der Waals surface area (Å²) in [7, 11) is 0. The molecular weight excluding hydrogens is 296 g/mol. The van der Waals surface area contributed by atoms with E-state index in [1.807, 2.05) is 18.7 Å². The van der Waals surface area contributed by atoms with Crippen molar-refractivity contribution in [2.24, 2.45) is 5.92 Å². The molecule has 0 radical (unpaired) electrons. The Bertz CT molecular complexity index is 792. The largest absolute Gasteiger partial charge is 0.396 e. The van der Waals surface area contributed by atoms with Crippen molar-refractivity contribution in [2.75, 3.05) is 19.7 Å². The Morgan fingerprint density at radius 2 is 2.26 bits per heavy atom. The number of rotatable bonds is 3. The number of likely N-dealkylation sites (tertiary alicyclic amines) is 1. The van der Waals surface area contributed by atoms with E-state index in [1.165, 1.54) is 6.07 Å². The summed E-state index contributed by atoms with van der Waals surface area (Å²) in [4.78, 5) is 30.3. The predicted molar refractivity (Wildman–Crippen MR) is 85.4 cm³/mol. The van der Waals surface area contributed by atoms with Crippen molar-refractivity contribution in [3.8, 4) is 0 Å². The molecule has 1 aliphatic rings. The maximum absolute atomic E-state index is 12.6. The van der Waals surface area contributed by atoms with E-state index in [0.29, 0.717) is 12.2 Å². The fourth-order valence-corrected chi connectivity index (χ4v) is 3.32. The molecule has 0 bridgehead atoms. The monoisotopic (exact) mass is 318 g/mol. The first-order valence-electron chi connectivity index (χ1n) is 7.96. The van der Waals surface area contributed by atoms with Crippen molar-refractivity contribution < 1.29 is 9.90 Å². The van der Waals surface area contributed by atoms with Gasteiger partial charge in [-0.3, -0.25) is 14.7 Å². The Morgan fingerprint density at radius 3 is 3.00 bits per heavy atom. The fraction of sp³-hybridized carbons (Fsp3) is 0.562. The molecule has 2 N–H and O–H groups in total. The number of carbonyl (C=O) groups excluding carboxylic acids is 1. The number of carbonyl (C=O) groups is 1. The fourth-order valence-electron chi connectivity index (χ4n) is 3.32. The van der Waals surface area contributed by atoms with E-state index in [9.17, 15) is 14.7 Å². The maximum atomic E-state index is 12.6. The number of hydrogen-bond acceptors (Lipinski definition) is 4. The molecule has 1 unspecified atom stereocenters. The smallest absolute Gasteiger partial charge is 0.266 e. The van der Waals surface area contributed by atoms with Crippen molar-refractivity contribution in [1.82, 2.24) is 19.5 Å². The van der Waals surface area contributed by atoms with Gasteiger partial charge in [0, 0.05) is 42.7 Å². The van der Waals surface area contributed by atoms with Crippen molar-refractivity contribution in [3.63, 3.8) is 0 Å². The predicted octanol–water partition coefficient (Wildman–Crippen LogP) is 0.413. The molecule has 3 heterocycles. The molecule has 1 fully saturated rings. The molecule has 23 heavy (non-hydrogen) atoms. The van der Waals surface area contributed by atoms with Gasteiger partial charge in [-0.05, 0) is 32.6 Å². The van der Waals surface area contributed by atoms with Gasteiger partial charge >= 0.3 is 0 Å². The average molecular weight is 318 g/mol. The Labute approximate surface area is 133 Å². The van der Waals surface area contributed by atoms with Crippen LogP contribution in [-0.2, 0) is 11.2 Å². The van der Waals surface area contributed by atoms with Gasteiger partial charge in [0.15, 0.2) is 5.65 Å². The summed E-state index contributed by atoms with van der Waals surface area (Å²) in [6.45, 7) is 5.22. The van der Waals surface area contributed by atoms with Crippen LogP contribution in [-0.4, -0.2) is 50.2 Å².